The number of anilines is 1. The van der Waals surface area contributed by atoms with Crippen molar-refractivity contribution >= 4 is 21.6 Å². The van der Waals surface area contributed by atoms with Crippen LogP contribution < -0.4 is 19.1 Å². The molecule has 0 aliphatic heterocycles. The third-order valence-electron chi connectivity index (χ3n) is 4.32. The lowest BCUT2D eigenvalue weighted by molar-refractivity contribution is -0.119. The number of hydrogen-bond donors (Lipinski definition) is 1. The lowest BCUT2D eigenvalue weighted by Gasteiger charge is -2.22. The summed E-state index contributed by atoms with van der Waals surface area (Å²) in [5.41, 5.74) is 1.57. The maximum Gasteiger partial charge on any atom is 0.240 e. The predicted molar refractivity (Wildman–Crippen MR) is 119 cm³/mol. The normalized spacial score (nSPS) is 11.0. The number of benzene rings is 2. The van der Waals surface area contributed by atoms with Crippen LogP contribution in [0.5, 0.6) is 11.5 Å². The summed E-state index contributed by atoms with van der Waals surface area (Å²) >= 11 is 0. The van der Waals surface area contributed by atoms with Gasteiger partial charge in [0, 0.05) is 6.54 Å². The fraction of sp³-hybridized carbons (Fsp3) is 0.409. The monoisotopic (exact) mass is 434 g/mol. The highest BCUT2D eigenvalue weighted by atomic mass is 32.2. The first-order chi connectivity index (χ1) is 14.3. The van der Waals surface area contributed by atoms with Crippen LogP contribution in [0.3, 0.4) is 0 Å². The molecule has 0 fully saturated rings. The molecule has 1 N–H and O–H groups in total. The van der Waals surface area contributed by atoms with E-state index in [1.807, 2.05) is 38.1 Å². The molecule has 2 rings (SSSR count). The van der Waals surface area contributed by atoms with Crippen molar-refractivity contribution in [3.05, 3.63) is 54.1 Å². The second-order valence-corrected chi connectivity index (χ2v) is 8.63. The number of nitrogens with zero attached hydrogens (tertiary/aromatic N) is 1. The van der Waals surface area contributed by atoms with Crippen molar-refractivity contribution in [2.24, 2.45) is 0 Å². The third kappa shape index (κ3) is 7.59. The zero-order chi connectivity index (χ0) is 22.0. The molecule has 1 amide bonds. The highest BCUT2D eigenvalue weighted by Gasteiger charge is 2.20. The molecule has 0 saturated carbocycles. The Bertz CT molecular complexity index is 896. The molecule has 30 heavy (non-hydrogen) atoms. The average molecular weight is 435 g/mol. The molecule has 7 nitrogen and oxygen atoms in total. The van der Waals surface area contributed by atoms with Gasteiger partial charge in [-0.25, -0.2) is 8.42 Å². The molecule has 0 spiro atoms. The first kappa shape index (κ1) is 23.5. The second kappa shape index (κ2) is 11.4. The first-order valence-electron chi connectivity index (χ1n) is 10.0. The summed E-state index contributed by atoms with van der Waals surface area (Å²) in [6, 6.07) is 14.5. The molecule has 0 atom stereocenters. The number of rotatable bonds is 12. The van der Waals surface area contributed by atoms with E-state index in [-0.39, 0.29) is 12.5 Å². The van der Waals surface area contributed by atoms with Gasteiger partial charge in [-0.15, -0.1) is 0 Å². The van der Waals surface area contributed by atoms with Gasteiger partial charge in [-0.3, -0.25) is 9.10 Å². The van der Waals surface area contributed by atoms with Crippen LogP contribution in [0.2, 0.25) is 0 Å². The maximum absolute atomic E-state index is 12.3. The van der Waals surface area contributed by atoms with Gasteiger partial charge in [-0.2, -0.15) is 0 Å². The van der Waals surface area contributed by atoms with Crippen LogP contribution in [0.25, 0.3) is 0 Å². The van der Waals surface area contributed by atoms with E-state index in [9.17, 15) is 13.2 Å². The molecule has 0 aliphatic rings. The summed E-state index contributed by atoms with van der Waals surface area (Å²) in [7, 11) is -3.60. The summed E-state index contributed by atoms with van der Waals surface area (Å²) in [6.45, 7) is 5.16. The molecule has 2 aromatic rings. The summed E-state index contributed by atoms with van der Waals surface area (Å²) in [6.07, 6.45) is 2.64. The van der Waals surface area contributed by atoms with E-state index >= 15 is 0 Å². The highest BCUT2D eigenvalue weighted by Crippen LogP contribution is 2.21. The molecule has 164 valence electrons. The number of ether oxygens (including phenoxy) is 2. The standard InChI is InChI=1S/C22H30N2O5S/c1-4-28-20-12-8-18(9-13-20)7-6-16-23-22(25)17-24(30(3,26)27)19-10-14-21(15-11-19)29-5-2/h8-15H,4-7,16-17H2,1-3H3,(H,23,25). The predicted octanol–water partition coefficient (Wildman–Crippen LogP) is 3.00. The van der Waals surface area contributed by atoms with Gasteiger partial charge in [0.2, 0.25) is 15.9 Å². The summed E-state index contributed by atoms with van der Waals surface area (Å²) in [4.78, 5) is 12.3. The number of sulfonamides is 1. The van der Waals surface area contributed by atoms with Crippen molar-refractivity contribution in [1.29, 1.82) is 0 Å². The molecule has 0 aliphatic carbocycles. The van der Waals surface area contributed by atoms with Crippen molar-refractivity contribution < 1.29 is 22.7 Å². The van der Waals surface area contributed by atoms with E-state index in [4.69, 9.17) is 9.47 Å². The third-order valence-corrected chi connectivity index (χ3v) is 5.46. The average Bonchev–Trinajstić information content (AvgIpc) is 2.71. The molecule has 2 aromatic carbocycles. The smallest absolute Gasteiger partial charge is 0.240 e. The van der Waals surface area contributed by atoms with E-state index in [2.05, 4.69) is 5.32 Å². The number of aryl methyl sites for hydroxylation is 1. The molecular formula is C22H30N2O5S. The van der Waals surface area contributed by atoms with Crippen molar-refractivity contribution in [2.75, 3.05) is 36.9 Å². The van der Waals surface area contributed by atoms with E-state index < -0.39 is 10.0 Å². The Kier molecular flexibility index (Phi) is 8.98. The quantitative estimate of drug-likeness (QED) is 0.519. The largest absolute Gasteiger partial charge is 0.494 e. The molecule has 0 unspecified atom stereocenters. The van der Waals surface area contributed by atoms with Crippen molar-refractivity contribution in [2.45, 2.75) is 26.7 Å². The van der Waals surface area contributed by atoms with Crippen LogP contribution in [0, 0.1) is 0 Å². The fourth-order valence-corrected chi connectivity index (χ4v) is 3.76. The summed E-state index contributed by atoms with van der Waals surface area (Å²) in [5.74, 6) is 1.14. The van der Waals surface area contributed by atoms with E-state index in [1.54, 1.807) is 24.3 Å². The Balaban J connectivity index is 1.85. The van der Waals surface area contributed by atoms with E-state index in [0.29, 0.717) is 31.2 Å². The van der Waals surface area contributed by atoms with E-state index in [0.717, 1.165) is 34.7 Å². The zero-order valence-electron chi connectivity index (χ0n) is 17.8. The van der Waals surface area contributed by atoms with Gasteiger partial charge in [-0.1, -0.05) is 12.1 Å². The number of carbonyl (C=O) groups is 1. The summed E-state index contributed by atoms with van der Waals surface area (Å²) < 4.78 is 36.2. The number of nitrogens with one attached hydrogen (secondary N) is 1. The minimum Gasteiger partial charge on any atom is -0.494 e. The highest BCUT2D eigenvalue weighted by molar-refractivity contribution is 7.92. The molecule has 0 bridgehead atoms. The van der Waals surface area contributed by atoms with Crippen molar-refractivity contribution in [3.8, 4) is 11.5 Å². The Morgan fingerprint density at radius 2 is 1.47 bits per heavy atom. The Labute approximate surface area is 179 Å². The lowest BCUT2D eigenvalue weighted by atomic mass is 10.1. The number of amides is 1. The minimum atomic E-state index is -3.60. The number of hydrogen-bond acceptors (Lipinski definition) is 5. The molecule has 0 radical (unpaired) electrons. The van der Waals surface area contributed by atoms with Crippen molar-refractivity contribution in [1.82, 2.24) is 5.32 Å². The molecule has 0 saturated heterocycles. The van der Waals surface area contributed by atoms with Gasteiger partial charge >= 0.3 is 0 Å². The first-order valence-corrected chi connectivity index (χ1v) is 11.9. The van der Waals surface area contributed by atoms with Crippen LogP contribution >= 0.6 is 0 Å². The van der Waals surface area contributed by atoms with Gasteiger partial charge < -0.3 is 14.8 Å². The lowest BCUT2D eigenvalue weighted by Crippen LogP contribution is -2.40. The van der Waals surface area contributed by atoms with Crippen LogP contribution in [0.15, 0.2) is 48.5 Å². The molecule has 0 heterocycles. The minimum absolute atomic E-state index is 0.268. The van der Waals surface area contributed by atoms with Gasteiger partial charge in [-0.05, 0) is 68.7 Å². The Hall–Kier alpha value is -2.74. The second-order valence-electron chi connectivity index (χ2n) is 6.73. The zero-order valence-corrected chi connectivity index (χ0v) is 18.6. The topological polar surface area (TPSA) is 84.9 Å². The van der Waals surface area contributed by atoms with E-state index in [1.165, 1.54) is 0 Å². The fourth-order valence-electron chi connectivity index (χ4n) is 2.90. The maximum atomic E-state index is 12.3. The summed E-state index contributed by atoms with van der Waals surface area (Å²) in [5, 5.41) is 2.79. The van der Waals surface area contributed by atoms with Crippen LogP contribution in [0.4, 0.5) is 5.69 Å². The van der Waals surface area contributed by atoms with Gasteiger partial charge in [0.1, 0.15) is 18.0 Å². The van der Waals surface area contributed by atoms with Gasteiger partial charge in [0.15, 0.2) is 0 Å². The van der Waals surface area contributed by atoms with Gasteiger partial charge in [0.25, 0.3) is 0 Å². The van der Waals surface area contributed by atoms with Gasteiger partial charge in [0.05, 0.1) is 25.2 Å². The van der Waals surface area contributed by atoms with Crippen LogP contribution in [-0.4, -0.2) is 46.9 Å². The van der Waals surface area contributed by atoms with Crippen LogP contribution in [0.1, 0.15) is 25.8 Å². The van der Waals surface area contributed by atoms with Crippen LogP contribution in [-0.2, 0) is 21.2 Å². The SMILES string of the molecule is CCOc1ccc(CCCNC(=O)CN(c2ccc(OCC)cc2)S(C)(=O)=O)cc1. The molecule has 8 heteroatoms. The Morgan fingerprint density at radius 3 is 1.97 bits per heavy atom. The van der Waals surface area contributed by atoms with Crippen molar-refractivity contribution in [3.63, 3.8) is 0 Å². The molecule has 0 aromatic heterocycles. The number of carbonyl (C=O) groups excluding carboxylic acids is 1. The Morgan fingerprint density at radius 1 is 0.933 bits per heavy atom. The molecular weight excluding hydrogens is 404 g/mol.